The van der Waals surface area contributed by atoms with Gasteiger partial charge in [0.2, 0.25) is 0 Å². The fourth-order valence-corrected chi connectivity index (χ4v) is 2.58. The van der Waals surface area contributed by atoms with Gasteiger partial charge in [0.05, 0.1) is 19.5 Å². The lowest BCUT2D eigenvalue weighted by Gasteiger charge is -2.09. The highest BCUT2D eigenvalue weighted by Gasteiger charge is 2.13. The van der Waals surface area contributed by atoms with Crippen molar-refractivity contribution in [2.24, 2.45) is 13.0 Å². The van der Waals surface area contributed by atoms with Gasteiger partial charge in [-0.1, -0.05) is 25.6 Å². The van der Waals surface area contributed by atoms with Crippen molar-refractivity contribution >= 4 is 17.7 Å². The van der Waals surface area contributed by atoms with Gasteiger partial charge < -0.3 is 14.0 Å². The first kappa shape index (κ1) is 17.3. The molecule has 0 aliphatic rings. The Morgan fingerprint density at radius 2 is 1.96 bits per heavy atom. The Kier molecular flexibility index (Phi) is 6.04. The standard InChI is InChI=1S/C16H21N3O3S/c1-11(2)9-22-13-7-5-12(6-8-13)15-17-18-16(19(15)3)23-10-14(20)21-4/h5-8,11H,9-10H2,1-4H3. The van der Waals surface area contributed by atoms with Crippen LogP contribution in [-0.2, 0) is 16.6 Å². The van der Waals surface area contributed by atoms with Crippen LogP contribution in [0.25, 0.3) is 11.4 Å². The fraction of sp³-hybridized carbons (Fsp3) is 0.438. The van der Waals surface area contributed by atoms with Crippen molar-refractivity contribution in [2.75, 3.05) is 19.5 Å². The highest BCUT2D eigenvalue weighted by atomic mass is 32.2. The van der Waals surface area contributed by atoms with E-state index in [1.165, 1.54) is 18.9 Å². The zero-order valence-electron chi connectivity index (χ0n) is 13.8. The lowest BCUT2D eigenvalue weighted by molar-refractivity contribution is -0.137. The molecule has 0 aliphatic heterocycles. The van der Waals surface area contributed by atoms with E-state index in [-0.39, 0.29) is 11.7 Å². The van der Waals surface area contributed by atoms with Gasteiger partial charge in [-0.25, -0.2) is 0 Å². The summed E-state index contributed by atoms with van der Waals surface area (Å²) in [5, 5.41) is 8.98. The third-order valence-corrected chi connectivity index (χ3v) is 4.07. The minimum atomic E-state index is -0.286. The number of carbonyl (C=O) groups excluding carboxylic acids is 1. The molecule has 1 aromatic heterocycles. The molecule has 6 nitrogen and oxygen atoms in total. The number of methoxy groups -OCH3 is 1. The first-order valence-corrected chi connectivity index (χ1v) is 8.32. The minimum absolute atomic E-state index is 0.213. The van der Waals surface area contributed by atoms with Crippen molar-refractivity contribution in [3.8, 4) is 17.1 Å². The van der Waals surface area contributed by atoms with E-state index in [0.717, 1.165) is 17.1 Å². The number of rotatable bonds is 7. The van der Waals surface area contributed by atoms with Crippen molar-refractivity contribution in [1.82, 2.24) is 14.8 Å². The van der Waals surface area contributed by atoms with Crippen LogP contribution < -0.4 is 4.74 Å². The SMILES string of the molecule is COC(=O)CSc1nnc(-c2ccc(OCC(C)C)cc2)n1C. The molecule has 1 heterocycles. The number of esters is 1. The number of carbonyl (C=O) groups is 1. The zero-order valence-corrected chi connectivity index (χ0v) is 14.6. The average molecular weight is 335 g/mol. The van der Waals surface area contributed by atoms with E-state index in [1.807, 2.05) is 35.9 Å². The van der Waals surface area contributed by atoms with Crippen molar-refractivity contribution < 1.29 is 14.3 Å². The quantitative estimate of drug-likeness (QED) is 0.572. The molecule has 0 N–H and O–H groups in total. The monoisotopic (exact) mass is 335 g/mol. The van der Waals surface area contributed by atoms with Crippen LogP contribution in [-0.4, -0.2) is 40.2 Å². The second-order valence-corrected chi connectivity index (χ2v) is 6.40. The van der Waals surface area contributed by atoms with E-state index in [1.54, 1.807) is 0 Å². The number of benzene rings is 1. The molecule has 1 aromatic carbocycles. The molecule has 0 unspecified atom stereocenters. The molecule has 2 rings (SSSR count). The van der Waals surface area contributed by atoms with Gasteiger partial charge >= 0.3 is 5.97 Å². The molecule has 0 amide bonds. The van der Waals surface area contributed by atoms with Gasteiger partial charge in [-0.15, -0.1) is 10.2 Å². The van der Waals surface area contributed by atoms with Crippen molar-refractivity contribution in [1.29, 1.82) is 0 Å². The van der Waals surface area contributed by atoms with E-state index in [2.05, 4.69) is 28.8 Å². The first-order chi connectivity index (χ1) is 11.0. The predicted octanol–water partition coefficient (Wildman–Crippen LogP) is 2.78. The summed E-state index contributed by atoms with van der Waals surface area (Å²) in [5.41, 5.74) is 0.946. The van der Waals surface area contributed by atoms with Crippen LogP contribution in [0.4, 0.5) is 0 Å². The van der Waals surface area contributed by atoms with Gasteiger partial charge in [-0.3, -0.25) is 4.79 Å². The molecule has 2 aromatic rings. The Morgan fingerprint density at radius 1 is 1.26 bits per heavy atom. The summed E-state index contributed by atoms with van der Waals surface area (Å²) >= 11 is 1.30. The molecule has 0 radical (unpaired) electrons. The zero-order chi connectivity index (χ0) is 16.8. The van der Waals surface area contributed by atoms with Crippen LogP contribution in [0.1, 0.15) is 13.8 Å². The molecule has 0 saturated carbocycles. The molecule has 0 aliphatic carbocycles. The van der Waals surface area contributed by atoms with Crippen molar-refractivity contribution in [3.63, 3.8) is 0 Å². The summed E-state index contributed by atoms with van der Waals surface area (Å²) in [6.45, 7) is 4.92. The fourth-order valence-electron chi connectivity index (χ4n) is 1.84. The Hall–Kier alpha value is -2.02. The highest BCUT2D eigenvalue weighted by Crippen LogP contribution is 2.24. The Balaban J connectivity index is 2.07. The molecule has 124 valence electrons. The number of nitrogens with zero attached hydrogens (tertiary/aromatic N) is 3. The van der Waals surface area contributed by atoms with E-state index < -0.39 is 0 Å². The molecular weight excluding hydrogens is 314 g/mol. The summed E-state index contributed by atoms with van der Waals surface area (Å²) in [6, 6.07) is 7.75. The molecule has 0 atom stereocenters. The Morgan fingerprint density at radius 3 is 2.57 bits per heavy atom. The maximum absolute atomic E-state index is 11.2. The van der Waals surface area contributed by atoms with Crippen LogP contribution in [0.2, 0.25) is 0 Å². The second-order valence-electron chi connectivity index (χ2n) is 5.46. The molecule has 0 spiro atoms. The largest absolute Gasteiger partial charge is 0.493 e. The number of hydrogen-bond donors (Lipinski definition) is 0. The van der Waals surface area contributed by atoms with Crippen molar-refractivity contribution in [3.05, 3.63) is 24.3 Å². The van der Waals surface area contributed by atoms with Crippen LogP contribution in [0.15, 0.2) is 29.4 Å². The smallest absolute Gasteiger partial charge is 0.316 e. The van der Waals surface area contributed by atoms with Gasteiger partial charge in [0.25, 0.3) is 0 Å². The van der Waals surface area contributed by atoms with Gasteiger partial charge in [-0.05, 0) is 30.2 Å². The molecule has 0 saturated heterocycles. The summed E-state index contributed by atoms with van der Waals surface area (Å²) < 4.78 is 12.2. The van der Waals surface area contributed by atoms with Gasteiger partial charge in [-0.2, -0.15) is 0 Å². The second kappa shape index (κ2) is 8.01. The van der Waals surface area contributed by atoms with Gasteiger partial charge in [0.15, 0.2) is 11.0 Å². The van der Waals surface area contributed by atoms with E-state index >= 15 is 0 Å². The van der Waals surface area contributed by atoms with E-state index in [4.69, 9.17) is 4.74 Å². The summed E-state index contributed by atoms with van der Waals surface area (Å²) in [7, 11) is 3.24. The number of hydrogen-bond acceptors (Lipinski definition) is 6. The first-order valence-electron chi connectivity index (χ1n) is 7.33. The Labute approximate surface area is 140 Å². The van der Waals surface area contributed by atoms with Gasteiger partial charge in [0.1, 0.15) is 5.75 Å². The molecule has 23 heavy (non-hydrogen) atoms. The van der Waals surface area contributed by atoms with Crippen LogP contribution in [0, 0.1) is 5.92 Å². The summed E-state index contributed by atoms with van der Waals surface area (Å²) in [5.74, 6) is 2.00. The topological polar surface area (TPSA) is 66.2 Å². The minimum Gasteiger partial charge on any atom is -0.493 e. The summed E-state index contributed by atoms with van der Waals surface area (Å²) in [4.78, 5) is 11.2. The molecule has 0 bridgehead atoms. The van der Waals surface area contributed by atoms with Gasteiger partial charge in [0, 0.05) is 12.6 Å². The van der Waals surface area contributed by atoms with Crippen LogP contribution in [0.5, 0.6) is 5.75 Å². The highest BCUT2D eigenvalue weighted by molar-refractivity contribution is 7.99. The lowest BCUT2D eigenvalue weighted by Crippen LogP contribution is -2.05. The number of aromatic nitrogens is 3. The maximum Gasteiger partial charge on any atom is 0.316 e. The third-order valence-electron chi connectivity index (χ3n) is 3.08. The van der Waals surface area contributed by atoms with Crippen LogP contribution in [0.3, 0.4) is 0 Å². The number of ether oxygens (including phenoxy) is 2. The maximum atomic E-state index is 11.2. The Bertz CT molecular complexity index is 653. The molecule has 0 fully saturated rings. The van der Waals surface area contributed by atoms with Crippen LogP contribution >= 0.6 is 11.8 Å². The summed E-state index contributed by atoms with van der Waals surface area (Å²) in [6.07, 6.45) is 0. The normalized spacial score (nSPS) is 10.8. The van der Waals surface area contributed by atoms with E-state index in [9.17, 15) is 4.79 Å². The predicted molar refractivity (Wildman–Crippen MR) is 89.5 cm³/mol. The lowest BCUT2D eigenvalue weighted by atomic mass is 10.2. The van der Waals surface area contributed by atoms with Crippen molar-refractivity contribution in [2.45, 2.75) is 19.0 Å². The average Bonchev–Trinajstić information content (AvgIpc) is 2.92. The third kappa shape index (κ3) is 4.72. The molecule has 7 heteroatoms. The molecular formula is C16H21N3O3S. The van der Waals surface area contributed by atoms with E-state index in [0.29, 0.717) is 17.7 Å². The number of thioether (sulfide) groups is 1.